The van der Waals surface area contributed by atoms with Crippen molar-refractivity contribution >= 4 is 27.6 Å². The van der Waals surface area contributed by atoms with Gasteiger partial charge in [0.15, 0.2) is 0 Å². The maximum Gasteiger partial charge on any atom is 0.304 e. The number of rotatable bonds is 7. The number of carboxylic acids is 1. The van der Waals surface area contributed by atoms with E-state index in [1.165, 1.54) is 32.2 Å². The molecule has 0 unspecified atom stereocenters. The van der Waals surface area contributed by atoms with Gasteiger partial charge in [-0.1, -0.05) is 6.07 Å². The lowest BCUT2D eigenvalue weighted by atomic mass is 10.2. The molecule has 0 aliphatic carbocycles. The average Bonchev–Trinajstić information content (AvgIpc) is 2.37. The summed E-state index contributed by atoms with van der Waals surface area (Å²) in [7, 11) is -2.76. The Bertz CT molecular complexity index is 658. The molecule has 1 rings (SSSR count). The SMILES string of the molecule is Cc1c(NS(=O)(=O)N(C)CCC(=O)O)cccc1[N+](=O)[O-]. The molecule has 0 fully saturated rings. The number of nitrogens with one attached hydrogen (secondary N) is 1. The minimum Gasteiger partial charge on any atom is -0.481 e. The summed E-state index contributed by atoms with van der Waals surface area (Å²) in [5, 5.41) is 19.3. The van der Waals surface area contributed by atoms with E-state index in [4.69, 9.17) is 5.11 Å². The van der Waals surface area contributed by atoms with Crippen molar-refractivity contribution in [2.45, 2.75) is 13.3 Å². The number of nitrogens with zero attached hydrogens (tertiary/aromatic N) is 2. The highest BCUT2D eigenvalue weighted by molar-refractivity contribution is 7.90. The Morgan fingerprint density at radius 3 is 2.62 bits per heavy atom. The van der Waals surface area contributed by atoms with Gasteiger partial charge >= 0.3 is 16.2 Å². The van der Waals surface area contributed by atoms with E-state index in [2.05, 4.69) is 4.72 Å². The molecule has 9 nitrogen and oxygen atoms in total. The summed E-state index contributed by atoms with van der Waals surface area (Å²) in [6.07, 6.45) is -0.342. The second-order valence-corrected chi connectivity index (χ2v) is 6.06. The van der Waals surface area contributed by atoms with Crippen LogP contribution in [-0.4, -0.2) is 42.3 Å². The summed E-state index contributed by atoms with van der Waals surface area (Å²) in [5.74, 6) is -1.12. The van der Waals surface area contributed by atoms with E-state index in [1.54, 1.807) is 0 Å². The standard InChI is InChI=1S/C11H15N3O6S/c1-8-9(4-3-5-10(8)14(17)18)12-21(19,20)13(2)7-6-11(15)16/h3-5,12H,6-7H2,1-2H3,(H,15,16). The van der Waals surface area contributed by atoms with Crippen LogP contribution in [-0.2, 0) is 15.0 Å². The summed E-state index contributed by atoms with van der Waals surface area (Å²) in [6, 6.07) is 4.02. The van der Waals surface area contributed by atoms with Gasteiger partial charge in [-0.3, -0.25) is 19.6 Å². The van der Waals surface area contributed by atoms with Crippen molar-refractivity contribution in [2.75, 3.05) is 18.3 Å². The van der Waals surface area contributed by atoms with E-state index in [0.29, 0.717) is 0 Å². The predicted molar refractivity (Wildman–Crippen MR) is 75.3 cm³/mol. The monoisotopic (exact) mass is 317 g/mol. The summed E-state index contributed by atoms with van der Waals surface area (Å²) < 4.78 is 27.0. The topological polar surface area (TPSA) is 130 Å². The maximum atomic E-state index is 12.0. The molecule has 0 amide bonds. The van der Waals surface area contributed by atoms with E-state index in [0.717, 1.165) is 4.31 Å². The molecule has 0 heterocycles. The Hall–Kier alpha value is -2.20. The number of hydrogen-bond acceptors (Lipinski definition) is 5. The van der Waals surface area contributed by atoms with Gasteiger partial charge in [-0.05, 0) is 13.0 Å². The fourth-order valence-corrected chi connectivity index (χ4v) is 2.51. The lowest BCUT2D eigenvalue weighted by Crippen LogP contribution is -2.34. The number of carboxylic acid groups (broad SMARTS) is 1. The Morgan fingerprint density at radius 1 is 1.48 bits per heavy atom. The van der Waals surface area contributed by atoms with Crippen LogP contribution >= 0.6 is 0 Å². The largest absolute Gasteiger partial charge is 0.481 e. The molecule has 0 aliphatic heterocycles. The van der Waals surface area contributed by atoms with Crippen LogP contribution < -0.4 is 4.72 Å². The van der Waals surface area contributed by atoms with Gasteiger partial charge in [-0.25, -0.2) is 0 Å². The highest BCUT2D eigenvalue weighted by Crippen LogP contribution is 2.26. The predicted octanol–water partition coefficient (Wildman–Crippen LogP) is 0.966. The van der Waals surface area contributed by atoms with Crippen molar-refractivity contribution in [3.05, 3.63) is 33.9 Å². The first-order valence-corrected chi connectivity index (χ1v) is 7.29. The third-order valence-corrected chi connectivity index (χ3v) is 4.27. The van der Waals surface area contributed by atoms with Crippen LogP contribution in [0.4, 0.5) is 11.4 Å². The Labute approximate surface area is 121 Å². The Balaban J connectivity index is 2.97. The van der Waals surface area contributed by atoms with Crippen molar-refractivity contribution in [3.8, 4) is 0 Å². The molecule has 0 atom stereocenters. The van der Waals surface area contributed by atoms with Crippen LogP contribution in [0.3, 0.4) is 0 Å². The third kappa shape index (κ3) is 4.39. The second-order valence-electron chi connectivity index (χ2n) is 4.28. The van der Waals surface area contributed by atoms with Gasteiger partial charge in [0.1, 0.15) is 0 Å². The number of nitro benzene ring substituents is 1. The number of nitro groups is 1. The van der Waals surface area contributed by atoms with Gasteiger partial charge in [-0.2, -0.15) is 12.7 Å². The number of aliphatic carboxylic acids is 1. The summed E-state index contributed by atoms with van der Waals surface area (Å²) in [4.78, 5) is 20.6. The molecule has 116 valence electrons. The Morgan fingerprint density at radius 2 is 2.10 bits per heavy atom. The molecule has 0 bridgehead atoms. The van der Waals surface area contributed by atoms with Gasteiger partial charge in [0.2, 0.25) is 0 Å². The number of benzene rings is 1. The zero-order chi connectivity index (χ0) is 16.2. The van der Waals surface area contributed by atoms with Crippen molar-refractivity contribution in [2.24, 2.45) is 0 Å². The zero-order valence-electron chi connectivity index (χ0n) is 11.4. The van der Waals surface area contributed by atoms with E-state index < -0.39 is 21.1 Å². The van der Waals surface area contributed by atoms with E-state index in [1.807, 2.05) is 0 Å². The fraction of sp³-hybridized carbons (Fsp3) is 0.364. The zero-order valence-corrected chi connectivity index (χ0v) is 12.3. The first kappa shape index (κ1) is 16.9. The molecule has 21 heavy (non-hydrogen) atoms. The molecule has 0 aromatic heterocycles. The van der Waals surface area contributed by atoms with Crippen LogP contribution in [0.5, 0.6) is 0 Å². The van der Waals surface area contributed by atoms with Gasteiger partial charge in [-0.15, -0.1) is 0 Å². The van der Waals surface area contributed by atoms with Crippen LogP contribution in [0.25, 0.3) is 0 Å². The summed E-state index contributed by atoms with van der Waals surface area (Å²) >= 11 is 0. The molecule has 0 aliphatic rings. The minimum atomic E-state index is -3.98. The molecule has 0 spiro atoms. The van der Waals surface area contributed by atoms with E-state index in [9.17, 15) is 23.3 Å². The molecule has 1 aromatic rings. The first-order chi connectivity index (χ1) is 9.65. The van der Waals surface area contributed by atoms with Crippen LogP contribution in [0.2, 0.25) is 0 Å². The molecule has 1 aromatic carbocycles. The quantitative estimate of drug-likeness (QED) is 0.569. The first-order valence-electron chi connectivity index (χ1n) is 5.85. The number of hydrogen-bond donors (Lipinski definition) is 2. The molecule has 0 radical (unpaired) electrons. The molecule has 0 saturated carbocycles. The number of carbonyl (C=O) groups is 1. The smallest absolute Gasteiger partial charge is 0.304 e. The van der Waals surface area contributed by atoms with Crippen LogP contribution in [0, 0.1) is 17.0 Å². The van der Waals surface area contributed by atoms with Gasteiger partial charge in [0, 0.05) is 19.7 Å². The Kier molecular flexibility index (Phi) is 5.22. The lowest BCUT2D eigenvalue weighted by Gasteiger charge is -2.18. The van der Waals surface area contributed by atoms with Crippen LogP contribution in [0.15, 0.2) is 18.2 Å². The fourth-order valence-electron chi connectivity index (χ4n) is 1.52. The van der Waals surface area contributed by atoms with E-state index >= 15 is 0 Å². The summed E-state index contributed by atoms with van der Waals surface area (Å²) in [5.41, 5.74) is 0.0486. The van der Waals surface area contributed by atoms with Crippen molar-refractivity contribution < 1.29 is 23.2 Å². The number of anilines is 1. The third-order valence-electron chi connectivity index (χ3n) is 2.79. The minimum absolute atomic E-state index is 0.0753. The van der Waals surface area contributed by atoms with Crippen molar-refractivity contribution in [3.63, 3.8) is 0 Å². The highest BCUT2D eigenvalue weighted by atomic mass is 32.2. The molecule has 2 N–H and O–H groups in total. The normalized spacial score (nSPS) is 11.4. The van der Waals surface area contributed by atoms with Gasteiger partial charge in [0.05, 0.1) is 22.6 Å². The second kappa shape index (κ2) is 6.50. The highest BCUT2D eigenvalue weighted by Gasteiger charge is 2.21. The molecular formula is C11H15N3O6S. The van der Waals surface area contributed by atoms with E-state index in [-0.39, 0.29) is 29.9 Å². The van der Waals surface area contributed by atoms with Crippen molar-refractivity contribution in [1.29, 1.82) is 0 Å². The van der Waals surface area contributed by atoms with Gasteiger partial charge in [0.25, 0.3) is 5.69 Å². The lowest BCUT2D eigenvalue weighted by molar-refractivity contribution is -0.385. The average molecular weight is 317 g/mol. The van der Waals surface area contributed by atoms with Crippen LogP contribution in [0.1, 0.15) is 12.0 Å². The molecular weight excluding hydrogens is 302 g/mol. The summed E-state index contributed by atoms with van der Waals surface area (Å²) in [6.45, 7) is 1.21. The van der Waals surface area contributed by atoms with Crippen molar-refractivity contribution in [1.82, 2.24) is 4.31 Å². The van der Waals surface area contributed by atoms with Gasteiger partial charge < -0.3 is 5.11 Å². The maximum absolute atomic E-state index is 12.0. The molecule has 0 saturated heterocycles. The molecule has 10 heteroatoms.